The molecule has 0 spiro atoms. The van der Waals surface area contributed by atoms with E-state index in [2.05, 4.69) is 0 Å². The molecule has 5 heteroatoms. The Kier molecular flexibility index (Phi) is 2.87. The topological polar surface area (TPSA) is 46.4 Å². The van der Waals surface area contributed by atoms with E-state index in [-0.39, 0.29) is 10.6 Å². The second-order valence-electron chi connectivity index (χ2n) is 4.42. The molecule has 1 aliphatic rings. The number of hydrogen-bond acceptors (Lipinski definition) is 3. The van der Waals surface area contributed by atoms with Crippen LogP contribution in [0.2, 0.25) is 5.02 Å². The largest absolute Gasteiger partial charge is 0.335 e. The Bertz CT molecular complexity index is 658. The number of fused-ring (bicyclic) bond motifs is 1. The molecule has 0 bridgehead atoms. The first-order valence-corrected chi connectivity index (χ1v) is 6.34. The van der Waals surface area contributed by atoms with Gasteiger partial charge in [0, 0.05) is 23.3 Å². The van der Waals surface area contributed by atoms with E-state index in [1.165, 1.54) is 6.07 Å². The van der Waals surface area contributed by atoms with E-state index in [1.54, 1.807) is 12.1 Å². The quantitative estimate of drug-likeness (QED) is 0.615. The number of para-hydroxylation sites is 2. The van der Waals surface area contributed by atoms with Crippen molar-refractivity contribution in [1.82, 2.24) is 0 Å². The molecule has 0 fully saturated rings. The molecule has 0 amide bonds. The fourth-order valence-corrected chi connectivity index (χ4v) is 2.66. The second kappa shape index (κ2) is 4.55. The van der Waals surface area contributed by atoms with Gasteiger partial charge in [0.2, 0.25) is 0 Å². The third-order valence-corrected chi connectivity index (χ3v) is 3.54. The molecule has 19 heavy (non-hydrogen) atoms. The summed E-state index contributed by atoms with van der Waals surface area (Å²) in [5, 5.41) is 11.8. The predicted octanol–water partition coefficient (Wildman–Crippen LogP) is 3.94. The first-order chi connectivity index (χ1) is 9.16. The van der Waals surface area contributed by atoms with Crippen molar-refractivity contribution in [3.8, 4) is 0 Å². The van der Waals surface area contributed by atoms with E-state index >= 15 is 0 Å². The van der Waals surface area contributed by atoms with Crippen molar-refractivity contribution in [3.05, 3.63) is 63.2 Å². The van der Waals surface area contributed by atoms with Gasteiger partial charge in [-0.05, 0) is 36.2 Å². The van der Waals surface area contributed by atoms with Crippen LogP contribution < -0.4 is 4.90 Å². The molecule has 0 aromatic heterocycles. The van der Waals surface area contributed by atoms with Gasteiger partial charge < -0.3 is 4.90 Å². The Labute approximate surface area is 115 Å². The molecule has 4 nitrogen and oxygen atoms in total. The Balaban J connectivity index is 2.09. The number of nitrogens with zero attached hydrogens (tertiary/aromatic N) is 2. The second-order valence-corrected chi connectivity index (χ2v) is 4.86. The molecular formula is C14H11ClN2O2. The highest BCUT2D eigenvalue weighted by Crippen LogP contribution is 2.39. The van der Waals surface area contributed by atoms with Gasteiger partial charge in [-0.15, -0.1) is 0 Å². The maximum Gasteiger partial charge on any atom is 0.292 e. The number of nitro groups is 1. The van der Waals surface area contributed by atoms with Gasteiger partial charge in [-0.2, -0.15) is 0 Å². The molecule has 0 N–H and O–H groups in total. The SMILES string of the molecule is O=[N+]([O-])c1ccccc1N1CCc2cc(Cl)ccc21. The first-order valence-electron chi connectivity index (χ1n) is 5.96. The van der Waals surface area contributed by atoms with Gasteiger partial charge >= 0.3 is 0 Å². The lowest BCUT2D eigenvalue weighted by Gasteiger charge is -2.19. The van der Waals surface area contributed by atoms with E-state index in [0.29, 0.717) is 10.7 Å². The Morgan fingerprint density at radius 1 is 1.16 bits per heavy atom. The summed E-state index contributed by atoms with van der Waals surface area (Å²) >= 11 is 5.97. The highest BCUT2D eigenvalue weighted by atomic mass is 35.5. The minimum atomic E-state index is -0.344. The number of benzene rings is 2. The summed E-state index contributed by atoms with van der Waals surface area (Å²) in [7, 11) is 0. The lowest BCUT2D eigenvalue weighted by atomic mass is 10.1. The molecule has 0 saturated heterocycles. The van der Waals surface area contributed by atoms with Crippen LogP contribution >= 0.6 is 11.6 Å². The molecule has 3 rings (SSSR count). The molecule has 0 atom stereocenters. The zero-order chi connectivity index (χ0) is 13.4. The lowest BCUT2D eigenvalue weighted by molar-refractivity contribution is -0.384. The van der Waals surface area contributed by atoms with E-state index < -0.39 is 0 Å². The monoisotopic (exact) mass is 274 g/mol. The molecule has 2 aromatic rings. The Morgan fingerprint density at radius 2 is 1.95 bits per heavy atom. The smallest absolute Gasteiger partial charge is 0.292 e. The number of nitro benzene ring substituents is 1. The maximum absolute atomic E-state index is 11.1. The van der Waals surface area contributed by atoms with E-state index in [4.69, 9.17) is 11.6 Å². The summed E-state index contributed by atoms with van der Waals surface area (Å²) in [5.74, 6) is 0. The van der Waals surface area contributed by atoms with Gasteiger partial charge in [0.15, 0.2) is 0 Å². The Hall–Kier alpha value is -2.07. The average molecular weight is 275 g/mol. The molecular weight excluding hydrogens is 264 g/mol. The zero-order valence-electron chi connectivity index (χ0n) is 10.0. The minimum absolute atomic E-state index is 0.130. The van der Waals surface area contributed by atoms with E-state index in [0.717, 1.165) is 24.2 Å². The molecule has 1 aliphatic heterocycles. The van der Waals surface area contributed by atoms with Crippen LogP contribution in [-0.4, -0.2) is 11.5 Å². The number of halogens is 1. The van der Waals surface area contributed by atoms with E-state index in [9.17, 15) is 10.1 Å². The molecule has 0 aliphatic carbocycles. The van der Waals surface area contributed by atoms with Crippen LogP contribution in [0.15, 0.2) is 42.5 Å². The fourth-order valence-electron chi connectivity index (χ4n) is 2.47. The highest BCUT2D eigenvalue weighted by Gasteiger charge is 2.25. The fraction of sp³-hybridized carbons (Fsp3) is 0.143. The molecule has 0 unspecified atom stereocenters. The highest BCUT2D eigenvalue weighted by molar-refractivity contribution is 6.30. The predicted molar refractivity (Wildman–Crippen MR) is 75.3 cm³/mol. The summed E-state index contributed by atoms with van der Waals surface area (Å²) in [4.78, 5) is 12.7. The van der Waals surface area contributed by atoms with Crippen molar-refractivity contribution in [2.24, 2.45) is 0 Å². The van der Waals surface area contributed by atoms with Crippen LogP contribution in [0.5, 0.6) is 0 Å². The normalized spacial score (nSPS) is 13.4. The molecule has 1 heterocycles. The van der Waals surface area contributed by atoms with Crippen molar-refractivity contribution in [1.29, 1.82) is 0 Å². The average Bonchev–Trinajstić information content (AvgIpc) is 2.81. The first kappa shape index (κ1) is 12.0. The van der Waals surface area contributed by atoms with Crippen molar-refractivity contribution >= 4 is 28.7 Å². The van der Waals surface area contributed by atoms with Crippen LogP contribution in [0.4, 0.5) is 17.1 Å². The van der Waals surface area contributed by atoms with Gasteiger partial charge in [-0.25, -0.2) is 0 Å². The van der Waals surface area contributed by atoms with Crippen LogP contribution in [0.1, 0.15) is 5.56 Å². The summed E-state index contributed by atoms with van der Waals surface area (Å²) < 4.78 is 0. The zero-order valence-corrected chi connectivity index (χ0v) is 10.8. The standard InChI is InChI=1S/C14H11ClN2O2/c15-11-5-6-12-10(9-11)7-8-16(12)13-3-1-2-4-14(13)17(18)19/h1-6,9H,7-8H2. The van der Waals surface area contributed by atoms with Crippen molar-refractivity contribution in [2.75, 3.05) is 11.4 Å². The maximum atomic E-state index is 11.1. The summed E-state index contributed by atoms with van der Waals surface area (Å²) in [5.41, 5.74) is 2.89. The lowest BCUT2D eigenvalue weighted by Crippen LogP contribution is -2.14. The van der Waals surface area contributed by atoms with Gasteiger partial charge in [-0.1, -0.05) is 23.7 Å². The summed E-state index contributed by atoms with van der Waals surface area (Å²) in [6.45, 7) is 0.737. The van der Waals surface area contributed by atoms with Crippen LogP contribution in [0, 0.1) is 10.1 Å². The number of anilines is 2. The summed E-state index contributed by atoms with van der Waals surface area (Å²) in [6.07, 6.45) is 0.849. The van der Waals surface area contributed by atoms with Gasteiger partial charge in [-0.3, -0.25) is 10.1 Å². The number of hydrogen-bond donors (Lipinski definition) is 0. The summed E-state index contributed by atoms with van der Waals surface area (Å²) in [6, 6.07) is 12.5. The molecule has 0 radical (unpaired) electrons. The molecule has 0 saturated carbocycles. The van der Waals surface area contributed by atoms with Crippen LogP contribution in [-0.2, 0) is 6.42 Å². The van der Waals surface area contributed by atoms with Crippen LogP contribution in [0.3, 0.4) is 0 Å². The minimum Gasteiger partial charge on any atom is -0.335 e. The third-order valence-electron chi connectivity index (χ3n) is 3.31. The molecule has 2 aromatic carbocycles. The van der Waals surface area contributed by atoms with Crippen molar-refractivity contribution < 1.29 is 4.92 Å². The Morgan fingerprint density at radius 3 is 2.74 bits per heavy atom. The van der Waals surface area contributed by atoms with Crippen molar-refractivity contribution in [2.45, 2.75) is 6.42 Å². The van der Waals surface area contributed by atoms with Crippen molar-refractivity contribution in [3.63, 3.8) is 0 Å². The van der Waals surface area contributed by atoms with E-state index in [1.807, 2.05) is 29.2 Å². The van der Waals surface area contributed by atoms with Gasteiger partial charge in [0.1, 0.15) is 5.69 Å². The van der Waals surface area contributed by atoms with Crippen LogP contribution in [0.25, 0.3) is 0 Å². The number of rotatable bonds is 2. The van der Waals surface area contributed by atoms with Gasteiger partial charge in [0.25, 0.3) is 5.69 Å². The van der Waals surface area contributed by atoms with Gasteiger partial charge in [0.05, 0.1) is 4.92 Å². The third kappa shape index (κ3) is 2.04. The molecule has 96 valence electrons.